The van der Waals surface area contributed by atoms with Crippen LogP contribution in [0, 0.1) is 6.92 Å². The number of benzene rings is 2. The molecule has 0 unspecified atom stereocenters. The molecule has 1 atom stereocenters. The summed E-state index contributed by atoms with van der Waals surface area (Å²) in [5.74, 6) is 1.04. The Kier molecular flexibility index (Phi) is 8.27. The number of hydrogen-bond acceptors (Lipinski definition) is 5. The fraction of sp³-hybridized carbons (Fsp3) is 0.364. The van der Waals surface area contributed by atoms with E-state index in [2.05, 4.69) is 10.6 Å². The third-order valence-corrected chi connectivity index (χ3v) is 4.54. The van der Waals surface area contributed by atoms with E-state index in [-0.39, 0.29) is 6.04 Å². The zero-order valence-corrected chi connectivity index (χ0v) is 18.3. The van der Waals surface area contributed by atoms with Crippen LogP contribution in [0.3, 0.4) is 0 Å². The number of rotatable bonds is 8. The standard InChI is InChI=1S/C22H28N2O4S/c1-6-27-19-11-10-16(13-20(19)28-7-2)15(4)23-22(29)24-18-12-17(21(25)26-5)9-8-14(18)3/h8-13,15H,6-7H2,1-5H3,(H2,23,24,29)/t15-/m0/s1. The first-order valence-corrected chi connectivity index (χ1v) is 9.96. The molecule has 0 aliphatic heterocycles. The molecule has 0 aromatic heterocycles. The molecular weight excluding hydrogens is 388 g/mol. The van der Waals surface area contributed by atoms with Crippen LogP contribution in [0.1, 0.15) is 48.3 Å². The number of thiocarbonyl (C=S) groups is 1. The summed E-state index contributed by atoms with van der Waals surface area (Å²) in [6, 6.07) is 11.1. The summed E-state index contributed by atoms with van der Waals surface area (Å²) in [6.45, 7) is 8.96. The van der Waals surface area contributed by atoms with Crippen molar-refractivity contribution >= 4 is 29.0 Å². The van der Waals surface area contributed by atoms with Crippen molar-refractivity contribution in [3.63, 3.8) is 0 Å². The molecule has 0 aliphatic rings. The fourth-order valence-electron chi connectivity index (χ4n) is 2.78. The second-order valence-corrected chi connectivity index (χ2v) is 6.82. The smallest absolute Gasteiger partial charge is 0.337 e. The molecule has 0 amide bonds. The molecule has 0 bridgehead atoms. The van der Waals surface area contributed by atoms with Crippen LogP contribution in [-0.2, 0) is 4.74 Å². The van der Waals surface area contributed by atoms with Gasteiger partial charge in [0.05, 0.1) is 31.9 Å². The summed E-state index contributed by atoms with van der Waals surface area (Å²) >= 11 is 5.47. The van der Waals surface area contributed by atoms with E-state index in [9.17, 15) is 4.79 Å². The molecule has 0 aliphatic carbocycles. The molecule has 6 nitrogen and oxygen atoms in total. The Morgan fingerprint density at radius 2 is 1.76 bits per heavy atom. The van der Waals surface area contributed by atoms with E-state index in [1.54, 1.807) is 12.1 Å². The first-order chi connectivity index (χ1) is 13.9. The lowest BCUT2D eigenvalue weighted by molar-refractivity contribution is 0.0601. The zero-order chi connectivity index (χ0) is 21.4. The number of aryl methyl sites for hydroxylation is 1. The second-order valence-electron chi connectivity index (χ2n) is 6.41. The predicted molar refractivity (Wildman–Crippen MR) is 119 cm³/mol. The highest BCUT2D eigenvalue weighted by molar-refractivity contribution is 7.80. The van der Waals surface area contributed by atoms with E-state index in [0.717, 1.165) is 22.6 Å². The summed E-state index contributed by atoms with van der Waals surface area (Å²) < 4.78 is 16.1. The van der Waals surface area contributed by atoms with Gasteiger partial charge in [-0.25, -0.2) is 4.79 Å². The minimum atomic E-state index is -0.391. The number of esters is 1. The van der Waals surface area contributed by atoms with Gasteiger partial charge in [0.25, 0.3) is 0 Å². The fourth-order valence-corrected chi connectivity index (χ4v) is 3.06. The number of methoxy groups -OCH3 is 1. The van der Waals surface area contributed by atoms with Crippen molar-refractivity contribution < 1.29 is 19.0 Å². The van der Waals surface area contributed by atoms with E-state index in [1.165, 1.54) is 7.11 Å². The summed E-state index contributed by atoms with van der Waals surface area (Å²) in [6.07, 6.45) is 0. The van der Waals surface area contributed by atoms with Crippen LogP contribution in [0.25, 0.3) is 0 Å². The van der Waals surface area contributed by atoms with Gasteiger partial charge in [0.2, 0.25) is 0 Å². The maximum atomic E-state index is 11.8. The quantitative estimate of drug-likeness (QED) is 0.480. The number of carbonyl (C=O) groups is 1. The molecule has 29 heavy (non-hydrogen) atoms. The molecule has 2 rings (SSSR count). The van der Waals surface area contributed by atoms with Crippen molar-refractivity contribution in [2.24, 2.45) is 0 Å². The highest BCUT2D eigenvalue weighted by Gasteiger charge is 2.13. The minimum absolute atomic E-state index is 0.0611. The molecule has 0 saturated heterocycles. The summed E-state index contributed by atoms with van der Waals surface area (Å²) in [5.41, 5.74) is 3.19. The van der Waals surface area contributed by atoms with Gasteiger partial charge >= 0.3 is 5.97 Å². The van der Waals surface area contributed by atoms with Crippen molar-refractivity contribution in [3.8, 4) is 11.5 Å². The van der Waals surface area contributed by atoms with Crippen molar-refractivity contribution in [2.75, 3.05) is 25.6 Å². The van der Waals surface area contributed by atoms with Crippen molar-refractivity contribution in [1.82, 2.24) is 5.32 Å². The molecule has 2 N–H and O–H groups in total. The molecule has 156 valence electrons. The Bertz CT molecular complexity index is 870. The lowest BCUT2D eigenvalue weighted by Gasteiger charge is -2.20. The first-order valence-electron chi connectivity index (χ1n) is 9.55. The normalized spacial score (nSPS) is 11.3. The van der Waals surface area contributed by atoms with Crippen LogP contribution in [0.5, 0.6) is 11.5 Å². The Balaban J connectivity index is 2.11. The van der Waals surface area contributed by atoms with Gasteiger partial charge in [0.1, 0.15) is 0 Å². The lowest BCUT2D eigenvalue weighted by atomic mass is 10.1. The van der Waals surface area contributed by atoms with Crippen LogP contribution < -0.4 is 20.1 Å². The average molecular weight is 417 g/mol. The molecule has 2 aromatic rings. The first kappa shape index (κ1) is 22.5. The number of hydrogen-bond donors (Lipinski definition) is 2. The number of nitrogens with one attached hydrogen (secondary N) is 2. The molecule has 7 heteroatoms. The van der Waals surface area contributed by atoms with Crippen LogP contribution in [-0.4, -0.2) is 31.4 Å². The van der Waals surface area contributed by atoms with E-state index >= 15 is 0 Å². The SMILES string of the molecule is CCOc1ccc([C@H](C)NC(=S)Nc2cc(C(=O)OC)ccc2C)cc1OCC. The predicted octanol–water partition coefficient (Wildman–Crippen LogP) is 4.63. The van der Waals surface area contributed by atoms with Crippen molar-refractivity contribution in [3.05, 3.63) is 53.1 Å². The largest absolute Gasteiger partial charge is 0.490 e. The maximum Gasteiger partial charge on any atom is 0.337 e. The van der Waals surface area contributed by atoms with Crippen molar-refractivity contribution in [1.29, 1.82) is 0 Å². The van der Waals surface area contributed by atoms with E-state index in [4.69, 9.17) is 26.4 Å². The zero-order valence-electron chi connectivity index (χ0n) is 17.5. The van der Waals surface area contributed by atoms with Crippen LogP contribution in [0.2, 0.25) is 0 Å². The van der Waals surface area contributed by atoms with Crippen LogP contribution in [0.4, 0.5) is 5.69 Å². The van der Waals surface area contributed by atoms with Crippen LogP contribution >= 0.6 is 12.2 Å². The maximum absolute atomic E-state index is 11.8. The van der Waals surface area contributed by atoms with E-state index in [1.807, 2.05) is 52.0 Å². The van der Waals surface area contributed by atoms with Gasteiger partial charge in [-0.2, -0.15) is 0 Å². The van der Waals surface area contributed by atoms with Gasteiger partial charge in [0, 0.05) is 5.69 Å². The molecule has 0 spiro atoms. The third-order valence-electron chi connectivity index (χ3n) is 4.32. The topological polar surface area (TPSA) is 68.8 Å². The highest BCUT2D eigenvalue weighted by atomic mass is 32.1. The van der Waals surface area contributed by atoms with Gasteiger partial charge in [-0.3, -0.25) is 0 Å². The molecule has 2 aromatic carbocycles. The van der Waals surface area contributed by atoms with Gasteiger partial charge in [0.15, 0.2) is 16.6 Å². The number of ether oxygens (including phenoxy) is 3. The van der Waals surface area contributed by atoms with Crippen molar-refractivity contribution in [2.45, 2.75) is 33.7 Å². The second kappa shape index (κ2) is 10.7. The monoisotopic (exact) mass is 416 g/mol. The summed E-state index contributed by atoms with van der Waals surface area (Å²) in [7, 11) is 1.36. The Hall–Kier alpha value is -2.80. The Labute approximate surface area is 177 Å². The molecule has 0 heterocycles. The van der Waals surface area contributed by atoms with Gasteiger partial charge in [-0.05, 0) is 75.3 Å². The summed E-state index contributed by atoms with van der Waals surface area (Å²) in [4.78, 5) is 11.8. The molecule has 0 saturated carbocycles. The summed E-state index contributed by atoms with van der Waals surface area (Å²) in [5, 5.41) is 6.87. The molecular formula is C22H28N2O4S. The Morgan fingerprint density at radius 1 is 1.07 bits per heavy atom. The van der Waals surface area contributed by atoms with Gasteiger partial charge in [-0.15, -0.1) is 0 Å². The number of anilines is 1. The van der Waals surface area contributed by atoms with E-state index in [0.29, 0.717) is 29.6 Å². The molecule has 0 fully saturated rings. The average Bonchev–Trinajstić information content (AvgIpc) is 2.70. The van der Waals surface area contributed by atoms with Gasteiger partial charge in [-0.1, -0.05) is 12.1 Å². The highest BCUT2D eigenvalue weighted by Crippen LogP contribution is 2.30. The van der Waals surface area contributed by atoms with Crippen LogP contribution in [0.15, 0.2) is 36.4 Å². The third kappa shape index (κ3) is 6.09. The molecule has 0 radical (unpaired) electrons. The van der Waals surface area contributed by atoms with E-state index < -0.39 is 5.97 Å². The number of carbonyl (C=O) groups excluding carboxylic acids is 1. The van der Waals surface area contributed by atoms with Gasteiger partial charge < -0.3 is 24.8 Å². The minimum Gasteiger partial charge on any atom is -0.490 e. The lowest BCUT2D eigenvalue weighted by Crippen LogP contribution is -2.31. The Morgan fingerprint density at radius 3 is 2.41 bits per heavy atom.